The number of ether oxygens (including phenoxy) is 1. The molecule has 2 nitrogen and oxygen atoms in total. The van der Waals surface area contributed by atoms with E-state index in [0.29, 0.717) is 18.1 Å². The van der Waals surface area contributed by atoms with E-state index in [-0.39, 0.29) is 5.60 Å². The Bertz CT molecular complexity index is 259. The highest BCUT2D eigenvalue weighted by molar-refractivity contribution is 7.80. The Hall–Kier alpha value is -0.310. The van der Waals surface area contributed by atoms with Crippen LogP contribution in [0.4, 0.5) is 0 Å². The van der Waals surface area contributed by atoms with Crippen molar-refractivity contribution in [2.75, 3.05) is 6.54 Å². The van der Waals surface area contributed by atoms with Crippen LogP contribution in [-0.2, 0) is 4.74 Å². The van der Waals surface area contributed by atoms with E-state index in [2.05, 4.69) is 0 Å². The highest BCUT2D eigenvalue weighted by Crippen LogP contribution is 2.20. The molecule has 3 heteroatoms. The molecule has 12 heavy (non-hydrogen) atoms. The van der Waals surface area contributed by atoms with E-state index >= 15 is 0 Å². The van der Waals surface area contributed by atoms with Crippen LogP contribution in [0.15, 0.2) is 0 Å². The maximum absolute atomic E-state index is 7.32. The molecule has 1 aliphatic rings. The molecule has 1 unspecified atom stereocenters. The first kappa shape index (κ1) is 6.19. The Morgan fingerprint density at radius 3 is 2.67 bits per heavy atom. The van der Waals surface area contributed by atoms with Crippen LogP contribution in [-0.4, -0.2) is 28.3 Å². The van der Waals surface area contributed by atoms with E-state index in [1.54, 1.807) is 4.90 Å². The molecule has 0 aromatic heterocycles. The van der Waals surface area contributed by atoms with Crippen molar-refractivity contribution in [2.24, 2.45) is 0 Å². The van der Waals surface area contributed by atoms with Crippen LogP contribution >= 0.6 is 12.2 Å². The molecule has 0 aromatic carbocycles. The van der Waals surface area contributed by atoms with Gasteiger partial charge in [0.15, 0.2) is 0 Å². The van der Waals surface area contributed by atoms with E-state index in [1.807, 2.05) is 20.8 Å². The number of hydrogen-bond donors (Lipinski definition) is 0. The van der Waals surface area contributed by atoms with Gasteiger partial charge in [-0.1, -0.05) is 0 Å². The average molecular weight is 190 g/mol. The van der Waals surface area contributed by atoms with Gasteiger partial charge in [-0.05, 0) is 46.3 Å². The first-order chi connectivity index (χ1) is 6.61. The van der Waals surface area contributed by atoms with Crippen molar-refractivity contribution in [2.45, 2.75) is 45.7 Å². The standard InChI is InChI=1S/C9H17NOS/c1-7-5-6-10(7)8(12)11-9(2,3)4/h7H,5-6H2,1-4H3/i1D3. The Balaban J connectivity index is 2.56. The van der Waals surface area contributed by atoms with Gasteiger partial charge in [0.05, 0.1) is 0 Å². The van der Waals surface area contributed by atoms with Gasteiger partial charge in [-0.2, -0.15) is 0 Å². The van der Waals surface area contributed by atoms with Crippen molar-refractivity contribution in [3.8, 4) is 0 Å². The average Bonchev–Trinajstić information content (AvgIpc) is 1.72. The first-order valence-corrected chi connectivity index (χ1v) is 4.52. The Morgan fingerprint density at radius 2 is 2.33 bits per heavy atom. The summed E-state index contributed by atoms with van der Waals surface area (Å²) in [6.07, 6.45) is 0.657. The van der Waals surface area contributed by atoms with Crippen molar-refractivity contribution >= 4 is 17.4 Å². The van der Waals surface area contributed by atoms with Gasteiger partial charge in [-0.3, -0.25) is 0 Å². The highest BCUT2D eigenvalue weighted by Gasteiger charge is 2.28. The van der Waals surface area contributed by atoms with Gasteiger partial charge in [0.2, 0.25) is 0 Å². The van der Waals surface area contributed by atoms with Crippen LogP contribution in [0.2, 0.25) is 0 Å². The number of nitrogens with zero attached hydrogens (tertiary/aromatic N) is 1. The zero-order valence-electron chi connectivity index (χ0n) is 10.8. The fraction of sp³-hybridized carbons (Fsp3) is 0.889. The second-order valence-electron chi connectivity index (χ2n) is 3.98. The summed E-state index contributed by atoms with van der Waals surface area (Å²) in [5, 5.41) is 0.301. The second-order valence-corrected chi connectivity index (χ2v) is 4.33. The molecule has 1 fully saturated rings. The maximum atomic E-state index is 7.32. The first-order valence-electron chi connectivity index (χ1n) is 5.61. The van der Waals surface area contributed by atoms with Gasteiger partial charge in [-0.15, -0.1) is 0 Å². The summed E-state index contributed by atoms with van der Waals surface area (Å²) in [4.78, 5) is 1.65. The fourth-order valence-electron chi connectivity index (χ4n) is 0.926. The van der Waals surface area contributed by atoms with Crippen LogP contribution in [0.25, 0.3) is 0 Å². The SMILES string of the molecule is [2H]C([2H])([2H])C1CCN1C(=S)OC(C)(C)C. The largest absolute Gasteiger partial charge is 0.465 e. The minimum absolute atomic E-state index is 0.301. The topological polar surface area (TPSA) is 12.5 Å². The van der Waals surface area contributed by atoms with Gasteiger partial charge < -0.3 is 9.64 Å². The van der Waals surface area contributed by atoms with Crippen molar-refractivity contribution in [1.82, 2.24) is 4.90 Å². The van der Waals surface area contributed by atoms with Gasteiger partial charge in [0.1, 0.15) is 5.60 Å². The number of rotatable bonds is 0. The molecule has 0 radical (unpaired) electrons. The molecule has 0 spiro atoms. The number of likely N-dealkylation sites (tertiary alicyclic amines) is 1. The summed E-state index contributed by atoms with van der Waals surface area (Å²) in [5.41, 5.74) is -0.369. The summed E-state index contributed by atoms with van der Waals surface area (Å²) in [6, 6.07) is -0.465. The van der Waals surface area contributed by atoms with Gasteiger partial charge in [0.25, 0.3) is 5.17 Å². The van der Waals surface area contributed by atoms with Gasteiger partial charge >= 0.3 is 0 Å². The van der Waals surface area contributed by atoms with Gasteiger partial charge in [0, 0.05) is 16.7 Å². The lowest BCUT2D eigenvalue weighted by Crippen LogP contribution is -2.50. The minimum Gasteiger partial charge on any atom is -0.465 e. The third kappa shape index (κ3) is 2.34. The van der Waals surface area contributed by atoms with Gasteiger partial charge in [-0.25, -0.2) is 0 Å². The molecule has 70 valence electrons. The molecule has 0 aliphatic carbocycles. The quantitative estimate of drug-likeness (QED) is 0.543. The molecule has 1 aliphatic heterocycles. The third-order valence-electron chi connectivity index (χ3n) is 1.65. The van der Waals surface area contributed by atoms with E-state index in [9.17, 15) is 0 Å². The van der Waals surface area contributed by atoms with E-state index in [4.69, 9.17) is 21.1 Å². The molecule has 0 N–H and O–H groups in total. The van der Waals surface area contributed by atoms with E-state index < -0.39 is 12.9 Å². The molecule has 0 bridgehead atoms. The molecular formula is C9H17NOS. The molecule has 1 saturated heterocycles. The Kier molecular flexibility index (Phi) is 1.65. The zero-order valence-corrected chi connectivity index (χ0v) is 8.57. The van der Waals surface area contributed by atoms with Crippen LogP contribution in [0.5, 0.6) is 0 Å². The van der Waals surface area contributed by atoms with Crippen molar-refractivity contribution in [3.63, 3.8) is 0 Å². The zero-order chi connectivity index (χ0) is 11.9. The minimum atomic E-state index is -1.97. The molecule has 1 rings (SSSR count). The van der Waals surface area contributed by atoms with E-state index in [0.717, 1.165) is 0 Å². The van der Waals surface area contributed by atoms with Crippen LogP contribution < -0.4 is 0 Å². The lowest BCUT2D eigenvalue weighted by Gasteiger charge is -2.41. The van der Waals surface area contributed by atoms with Crippen molar-refractivity contribution in [3.05, 3.63) is 0 Å². The highest BCUT2D eigenvalue weighted by atomic mass is 32.1. The van der Waals surface area contributed by atoms with Crippen molar-refractivity contribution in [1.29, 1.82) is 0 Å². The predicted molar refractivity (Wildman–Crippen MR) is 54.2 cm³/mol. The summed E-state index contributed by atoms with van der Waals surface area (Å²) in [6.45, 7) is 4.39. The predicted octanol–water partition coefficient (Wildman–Crippen LogP) is 2.18. The molecule has 0 aromatic rings. The monoisotopic (exact) mass is 190 g/mol. The van der Waals surface area contributed by atoms with Crippen LogP contribution in [0.1, 0.15) is 38.2 Å². The number of thiocarbonyl (C=S) groups is 1. The Labute approximate surface area is 84.1 Å². The van der Waals surface area contributed by atoms with Crippen molar-refractivity contribution < 1.29 is 8.85 Å². The lowest BCUT2D eigenvalue weighted by atomic mass is 10.1. The second kappa shape index (κ2) is 3.21. The smallest absolute Gasteiger partial charge is 0.260 e. The molecule has 1 heterocycles. The lowest BCUT2D eigenvalue weighted by molar-refractivity contribution is 0.0649. The summed E-state index contributed by atoms with van der Waals surface area (Å²) < 4.78 is 27.4. The van der Waals surface area contributed by atoms with Crippen LogP contribution in [0, 0.1) is 0 Å². The molecule has 0 amide bonds. The van der Waals surface area contributed by atoms with Crippen LogP contribution in [0.3, 0.4) is 0 Å². The molecule has 1 atom stereocenters. The summed E-state index contributed by atoms with van der Waals surface area (Å²) >= 11 is 5.07. The normalized spacial score (nSPS) is 28.1. The fourth-order valence-corrected chi connectivity index (χ4v) is 1.39. The Morgan fingerprint density at radius 1 is 1.67 bits per heavy atom. The molecule has 0 saturated carbocycles. The maximum Gasteiger partial charge on any atom is 0.260 e. The summed E-state index contributed by atoms with van der Waals surface area (Å²) in [7, 11) is 0. The third-order valence-corrected chi connectivity index (χ3v) is 1.97. The number of hydrogen-bond acceptors (Lipinski definition) is 2. The summed E-state index contributed by atoms with van der Waals surface area (Å²) in [5.74, 6) is 0. The van der Waals surface area contributed by atoms with E-state index in [1.165, 1.54) is 0 Å². The molecular weight excluding hydrogens is 170 g/mol.